The van der Waals surface area contributed by atoms with Crippen LogP contribution in [0.5, 0.6) is 0 Å². The first-order valence-corrected chi connectivity index (χ1v) is 8.58. The Labute approximate surface area is 138 Å². The molecule has 1 fully saturated rings. The lowest BCUT2D eigenvalue weighted by molar-refractivity contribution is -0.156. The van der Waals surface area contributed by atoms with E-state index in [1.807, 2.05) is 30.3 Å². The van der Waals surface area contributed by atoms with Crippen LogP contribution in [0.1, 0.15) is 57.6 Å². The Hall–Kier alpha value is -1.68. The molecule has 0 bridgehead atoms. The van der Waals surface area contributed by atoms with Gasteiger partial charge in [-0.3, -0.25) is 4.79 Å². The highest BCUT2D eigenvalue weighted by molar-refractivity contribution is 6.34. The Kier molecular flexibility index (Phi) is 6.78. The van der Waals surface area contributed by atoms with Crippen molar-refractivity contribution in [1.82, 2.24) is 0 Å². The van der Waals surface area contributed by atoms with Gasteiger partial charge in [-0.25, -0.2) is 4.79 Å². The lowest BCUT2D eigenvalue weighted by atomic mass is 9.90. The van der Waals surface area contributed by atoms with Crippen LogP contribution in [-0.2, 0) is 19.1 Å². The maximum Gasteiger partial charge on any atom is 0.374 e. The number of esters is 1. The van der Waals surface area contributed by atoms with E-state index in [-0.39, 0.29) is 18.8 Å². The largest absolute Gasteiger partial charge is 0.460 e. The average Bonchev–Trinajstić information content (AvgIpc) is 2.99. The molecule has 1 heterocycles. The predicted molar refractivity (Wildman–Crippen MR) is 87.9 cm³/mol. The minimum absolute atomic E-state index is 0.119. The first-order chi connectivity index (χ1) is 11.2. The number of carbonyl (C=O) groups is 2. The SMILES string of the molecule is CCCCC[C@@H]1O[C@H](c2ccccc2)C[C@@H]1C(=O)C(=O)OCC. The molecule has 0 unspecified atom stereocenters. The maximum atomic E-state index is 12.4. The Morgan fingerprint density at radius 3 is 2.57 bits per heavy atom. The summed E-state index contributed by atoms with van der Waals surface area (Å²) in [6.45, 7) is 4.08. The van der Waals surface area contributed by atoms with E-state index in [0.29, 0.717) is 6.42 Å². The number of unbranched alkanes of at least 4 members (excludes halogenated alkanes) is 2. The van der Waals surface area contributed by atoms with Gasteiger partial charge in [-0.1, -0.05) is 56.5 Å². The Morgan fingerprint density at radius 1 is 1.17 bits per heavy atom. The van der Waals surface area contributed by atoms with Gasteiger partial charge in [0.1, 0.15) is 0 Å². The van der Waals surface area contributed by atoms with Gasteiger partial charge in [0.05, 0.1) is 24.7 Å². The van der Waals surface area contributed by atoms with E-state index in [0.717, 1.165) is 31.2 Å². The number of rotatable bonds is 8. The molecule has 0 radical (unpaired) electrons. The third-order valence-electron chi connectivity index (χ3n) is 4.33. The van der Waals surface area contributed by atoms with Crippen LogP contribution >= 0.6 is 0 Å². The smallest absolute Gasteiger partial charge is 0.374 e. The van der Waals surface area contributed by atoms with Crippen LogP contribution in [-0.4, -0.2) is 24.5 Å². The van der Waals surface area contributed by atoms with Gasteiger partial charge in [-0.15, -0.1) is 0 Å². The summed E-state index contributed by atoms with van der Waals surface area (Å²) in [4.78, 5) is 24.2. The number of hydrogen-bond acceptors (Lipinski definition) is 4. The molecule has 1 aliphatic rings. The number of hydrogen-bond donors (Lipinski definition) is 0. The summed E-state index contributed by atoms with van der Waals surface area (Å²) in [6, 6.07) is 9.89. The summed E-state index contributed by atoms with van der Waals surface area (Å²) in [5.41, 5.74) is 1.06. The fourth-order valence-electron chi connectivity index (χ4n) is 3.12. The van der Waals surface area contributed by atoms with E-state index in [4.69, 9.17) is 9.47 Å². The molecule has 2 rings (SSSR count). The van der Waals surface area contributed by atoms with E-state index >= 15 is 0 Å². The normalized spacial score (nSPS) is 23.7. The van der Waals surface area contributed by atoms with Crippen molar-refractivity contribution in [3.8, 4) is 0 Å². The maximum absolute atomic E-state index is 12.4. The molecular weight excluding hydrogens is 292 g/mol. The van der Waals surface area contributed by atoms with Crippen LogP contribution in [0.4, 0.5) is 0 Å². The summed E-state index contributed by atoms with van der Waals surface area (Å²) in [7, 11) is 0. The predicted octanol–water partition coefficient (Wildman–Crippen LogP) is 3.85. The highest BCUT2D eigenvalue weighted by atomic mass is 16.5. The van der Waals surface area contributed by atoms with Gasteiger partial charge in [0.15, 0.2) is 0 Å². The number of ketones is 1. The molecule has 4 nitrogen and oxygen atoms in total. The minimum Gasteiger partial charge on any atom is -0.460 e. The van der Waals surface area contributed by atoms with Crippen LogP contribution in [0.2, 0.25) is 0 Å². The van der Waals surface area contributed by atoms with Crippen LogP contribution in [0, 0.1) is 5.92 Å². The topological polar surface area (TPSA) is 52.6 Å². The summed E-state index contributed by atoms with van der Waals surface area (Å²) in [5, 5.41) is 0. The van der Waals surface area contributed by atoms with Gasteiger partial charge in [0.2, 0.25) is 5.78 Å². The molecule has 0 aromatic heterocycles. The van der Waals surface area contributed by atoms with Crippen LogP contribution in [0.3, 0.4) is 0 Å². The lowest BCUT2D eigenvalue weighted by Crippen LogP contribution is -2.31. The average molecular weight is 318 g/mol. The Bertz CT molecular complexity index is 511. The van der Waals surface area contributed by atoms with E-state index in [9.17, 15) is 9.59 Å². The quantitative estimate of drug-likeness (QED) is 0.415. The first kappa shape index (κ1) is 17.7. The second-order valence-corrected chi connectivity index (χ2v) is 6.00. The number of ether oxygens (including phenoxy) is 2. The highest BCUT2D eigenvalue weighted by Gasteiger charge is 2.42. The van der Waals surface area contributed by atoms with Crippen molar-refractivity contribution in [2.45, 2.75) is 58.2 Å². The molecule has 4 heteroatoms. The highest BCUT2D eigenvalue weighted by Crippen LogP contribution is 2.39. The molecule has 0 aliphatic carbocycles. The van der Waals surface area contributed by atoms with E-state index in [1.54, 1.807) is 6.92 Å². The van der Waals surface area contributed by atoms with E-state index < -0.39 is 17.7 Å². The molecule has 1 aromatic carbocycles. The van der Waals surface area contributed by atoms with Gasteiger partial charge in [-0.05, 0) is 25.3 Å². The summed E-state index contributed by atoms with van der Waals surface area (Å²) < 4.78 is 11.0. The zero-order valence-corrected chi connectivity index (χ0v) is 14.0. The third-order valence-corrected chi connectivity index (χ3v) is 4.33. The molecule has 23 heavy (non-hydrogen) atoms. The van der Waals surface area contributed by atoms with Crippen LogP contribution in [0.15, 0.2) is 30.3 Å². The number of Topliss-reactive ketones (excluding diaryl/α,β-unsaturated/α-hetero) is 1. The zero-order chi connectivity index (χ0) is 16.7. The molecule has 3 atom stereocenters. The standard InChI is InChI=1S/C19H26O4/c1-3-5-7-12-16-15(18(20)19(21)22-4-2)13-17(23-16)14-10-8-6-9-11-14/h6,8-11,15-17H,3-5,7,12-13H2,1-2H3/t15-,16-,17-/m0/s1. The molecule has 126 valence electrons. The molecular formula is C19H26O4. The Morgan fingerprint density at radius 2 is 1.91 bits per heavy atom. The lowest BCUT2D eigenvalue weighted by Gasteiger charge is -2.17. The van der Waals surface area contributed by atoms with Gasteiger partial charge in [0.25, 0.3) is 0 Å². The van der Waals surface area contributed by atoms with E-state index in [1.165, 1.54) is 0 Å². The molecule has 1 aromatic rings. The molecule has 0 spiro atoms. The van der Waals surface area contributed by atoms with Gasteiger partial charge >= 0.3 is 5.97 Å². The minimum atomic E-state index is -0.727. The molecule has 0 saturated carbocycles. The molecule has 1 aliphatic heterocycles. The number of carbonyl (C=O) groups excluding carboxylic acids is 2. The number of benzene rings is 1. The van der Waals surface area contributed by atoms with Crippen molar-refractivity contribution in [1.29, 1.82) is 0 Å². The van der Waals surface area contributed by atoms with Gasteiger partial charge in [-0.2, -0.15) is 0 Å². The molecule has 0 amide bonds. The second-order valence-electron chi connectivity index (χ2n) is 6.00. The molecule has 0 N–H and O–H groups in total. The molecule has 1 saturated heterocycles. The van der Waals surface area contributed by atoms with Crippen molar-refractivity contribution >= 4 is 11.8 Å². The fourth-order valence-corrected chi connectivity index (χ4v) is 3.12. The van der Waals surface area contributed by atoms with Gasteiger partial charge < -0.3 is 9.47 Å². The second kappa shape index (κ2) is 8.82. The monoisotopic (exact) mass is 318 g/mol. The summed E-state index contributed by atoms with van der Waals surface area (Å²) in [5.74, 6) is -1.56. The van der Waals surface area contributed by atoms with Crippen molar-refractivity contribution < 1.29 is 19.1 Å². The van der Waals surface area contributed by atoms with Crippen molar-refractivity contribution in [2.24, 2.45) is 5.92 Å². The van der Waals surface area contributed by atoms with Crippen LogP contribution < -0.4 is 0 Å². The van der Waals surface area contributed by atoms with Crippen molar-refractivity contribution in [3.05, 3.63) is 35.9 Å². The first-order valence-electron chi connectivity index (χ1n) is 8.58. The summed E-state index contributed by atoms with van der Waals surface area (Å²) >= 11 is 0. The van der Waals surface area contributed by atoms with Crippen LogP contribution in [0.25, 0.3) is 0 Å². The Balaban J connectivity index is 2.08. The fraction of sp³-hybridized carbons (Fsp3) is 0.579. The van der Waals surface area contributed by atoms with Crippen molar-refractivity contribution in [2.75, 3.05) is 6.61 Å². The zero-order valence-electron chi connectivity index (χ0n) is 14.0. The van der Waals surface area contributed by atoms with E-state index in [2.05, 4.69) is 6.92 Å². The third kappa shape index (κ3) is 4.64. The van der Waals surface area contributed by atoms with Gasteiger partial charge in [0, 0.05) is 0 Å². The van der Waals surface area contributed by atoms with Crippen molar-refractivity contribution in [3.63, 3.8) is 0 Å². The summed E-state index contributed by atoms with van der Waals surface area (Å²) in [6.07, 6.45) is 4.29.